The highest BCUT2D eigenvalue weighted by atomic mass is 79.9. The molecular weight excluding hydrogens is 289 g/mol. The molecule has 0 saturated carbocycles. The molecule has 1 amide bonds. The number of nitrogens with one attached hydrogen (secondary N) is 1. The maximum Gasteiger partial charge on any atom is 0.254 e. The Bertz CT molecular complexity index is 409. The van der Waals surface area contributed by atoms with E-state index in [2.05, 4.69) is 21.2 Å². The first-order chi connectivity index (χ1) is 7.95. The summed E-state index contributed by atoms with van der Waals surface area (Å²) < 4.78 is 14.1. The van der Waals surface area contributed by atoms with Gasteiger partial charge in [0.15, 0.2) is 0 Å². The summed E-state index contributed by atoms with van der Waals surface area (Å²) >= 11 is 3.12. The van der Waals surface area contributed by atoms with E-state index >= 15 is 0 Å². The summed E-state index contributed by atoms with van der Waals surface area (Å²) in [6.45, 7) is 3.58. The molecule has 0 spiro atoms. The minimum atomic E-state index is -0.586. The van der Waals surface area contributed by atoms with Crippen molar-refractivity contribution in [2.75, 3.05) is 6.61 Å². The molecule has 0 fully saturated rings. The Hall–Kier alpha value is -0.940. The van der Waals surface area contributed by atoms with Crippen LogP contribution < -0.4 is 5.32 Å². The van der Waals surface area contributed by atoms with Gasteiger partial charge < -0.3 is 10.4 Å². The molecule has 5 heteroatoms. The summed E-state index contributed by atoms with van der Waals surface area (Å²) in [6, 6.07) is 3.87. The molecule has 0 saturated heterocycles. The Morgan fingerprint density at radius 1 is 1.53 bits per heavy atom. The van der Waals surface area contributed by atoms with Crippen LogP contribution in [-0.2, 0) is 0 Å². The number of benzene rings is 1. The van der Waals surface area contributed by atoms with Gasteiger partial charge in [0.05, 0.1) is 18.2 Å². The van der Waals surface area contributed by atoms with E-state index in [9.17, 15) is 9.18 Å². The molecule has 1 atom stereocenters. The van der Waals surface area contributed by atoms with Crippen molar-refractivity contribution >= 4 is 21.8 Å². The molecule has 1 rings (SSSR count). The van der Waals surface area contributed by atoms with Crippen molar-refractivity contribution in [2.45, 2.75) is 19.9 Å². The largest absolute Gasteiger partial charge is 0.394 e. The number of amides is 1. The zero-order valence-corrected chi connectivity index (χ0v) is 11.3. The highest BCUT2D eigenvalue weighted by Gasteiger charge is 2.18. The fourth-order valence-electron chi connectivity index (χ4n) is 1.34. The minimum Gasteiger partial charge on any atom is -0.394 e. The van der Waals surface area contributed by atoms with Gasteiger partial charge in [0.2, 0.25) is 0 Å². The normalized spacial score (nSPS) is 12.6. The van der Waals surface area contributed by atoms with Gasteiger partial charge in [-0.25, -0.2) is 4.39 Å². The van der Waals surface area contributed by atoms with Gasteiger partial charge in [0.25, 0.3) is 5.91 Å². The van der Waals surface area contributed by atoms with E-state index in [1.54, 1.807) is 6.07 Å². The Morgan fingerprint density at radius 2 is 2.18 bits per heavy atom. The molecule has 0 aliphatic carbocycles. The van der Waals surface area contributed by atoms with Gasteiger partial charge in [-0.2, -0.15) is 0 Å². The van der Waals surface area contributed by atoms with E-state index in [-0.39, 0.29) is 24.1 Å². The van der Waals surface area contributed by atoms with E-state index in [1.165, 1.54) is 12.1 Å². The quantitative estimate of drug-likeness (QED) is 0.897. The number of hydrogen-bond acceptors (Lipinski definition) is 2. The Balaban J connectivity index is 2.82. The molecular formula is C12H15BrFNO2. The summed E-state index contributed by atoms with van der Waals surface area (Å²) in [6.07, 6.45) is 0. The fraction of sp³-hybridized carbons (Fsp3) is 0.417. The molecule has 3 nitrogen and oxygen atoms in total. The van der Waals surface area contributed by atoms with Crippen LogP contribution in [0.5, 0.6) is 0 Å². The van der Waals surface area contributed by atoms with Crippen molar-refractivity contribution in [3.63, 3.8) is 0 Å². The van der Waals surface area contributed by atoms with Crippen molar-refractivity contribution in [1.29, 1.82) is 0 Å². The number of aliphatic hydroxyl groups excluding tert-OH is 1. The smallest absolute Gasteiger partial charge is 0.254 e. The average Bonchev–Trinajstić information content (AvgIpc) is 2.24. The predicted molar refractivity (Wildman–Crippen MR) is 67.3 cm³/mol. The Morgan fingerprint density at radius 3 is 2.65 bits per heavy atom. The van der Waals surface area contributed by atoms with Crippen molar-refractivity contribution in [3.05, 3.63) is 34.1 Å². The molecule has 0 aliphatic heterocycles. The SMILES string of the molecule is CC(C)[C@@H](CO)NC(=O)c1ccc(Br)cc1F. The average molecular weight is 304 g/mol. The number of rotatable bonds is 4. The van der Waals surface area contributed by atoms with Gasteiger partial charge >= 0.3 is 0 Å². The lowest BCUT2D eigenvalue weighted by atomic mass is 10.0. The van der Waals surface area contributed by atoms with Crippen LogP contribution in [0.3, 0.4) is 0 Å². The van der Waals surface area contributed by atoms with Crippen LogP contribution in [-0.4, -0.2) is 23.7 Å². The van der Waals surface area contributed by atoms with E-state index in [1.807, 2.05) is 13.8 Å². The third kappa shape index (κ3) is 3.78. The van der Waals surface area contributed by atoms with Crippen LogP contribution >= 0.6 is 15.9 Å². The number of carbonyl (C=O) groups excluding carboxylic acids is 1. The second-order valence-electron chi connectivity index (χ2n) is 4.13. The van der Waals surface area contributed by atoms with E-state index in [0.29, 0.717) is 4.47 Å². The van der Waals surface area contributed by atoms with E-state index in [0.717, 1.165) is 0 Å². The van der Waals surface area contributed by atoms with Crippen LogP contribution in [0, 0.1) is 11.7 Å². The molecule has 0 heterocycles. The first kappa shape index (κ1) is 14.1. The molecule has 1 aromatic rings. The van der Waals surface area contributed by atoms with Gasteiger partial charge in [-0.05, 0) is 24.1 Å². The molecule has 0 aliphatic rings. The third-order valence-corrected chi connectivity index (χ3v) is 2.99. The summed E-state index contributed by atoms with van der Waals surface area (Å²) in [5, 5.41) is 11.7. The number of hydrogen-bond donors (Lipinski definition) is 2. The second kappa shape index (κ2) is 6.12. The molecule has 2 N–H and O–H groups in total. The summed E-state index contributed by atoms with van der Waals surface area (Å²) in [4.78, 5) is 11.8. The number of aliphatic hydroxyl groups is 1. The van der Waals surface area contributed by atoms with Gasteiger partial charge in [0, 0.05) is 4.47 Å². The maximum atomic E-state index is 13.5. The van der Waals surface area contributed by atoms with Crippen LogP contribution in [0.15, 0.2) is 22.7 Å². The highest BCUT2D eigenvalue weighted by molar-refractivity contribution is 9.10. The summed E-state index contributed by atoms with van der Waals surface area (Å²) in [7, 11) is 0. The fourth-order valence-corrected chi connectivity index (χ4v) is 1.68. The topological polar surface area (TPSA) is 49.3 Å². The maximum absolute atomic E-state index is 13.5. The van der Waals surface area contributed by atoms with Gasteiger partial charge in [-0.1, -0.05) is 29.8 Å². The predicted octanol–water partition coefficient (Wildman–Crippen LogP) is 2.33. The molecule has 0 radical (unpaired) electrons. The van der Waals surface area contributed by atoms with E-state index in [4.69, 9.17) is 5.11 Å². The summed E-state index contributed by atoms with van der Waals surface area (Å²) in [5.74, 6) is -1.01. The molecule has 17 heavy (non-hydrogen) atoms. The van der Waals surface area contributed by atoms with Crippen LogP contribution in [0.25, 0.3) is 0 Å². The molecule has 0 unspecified atom stereocenters. The highest BCUT2D eigenvalue weighted by Crippen LogP contribution is 2.15. The molecule has 0 bridgehead atoms. The minimum absolute atomic E-state index is 0.0210. The standard InChI is InChI=1S/C12H15BrFNO2/c1-7(2)11(6-16)15-12(17)9-4-3-8(13)5-10(9)14/h3-5,7,11,16H,6H2,1-2H3,(H,15,17)/t11-/m1/s1. The van der Waals surface area contributed by atoms with Gasteiger partial charge in [-0.15, -0.1) is 0 Å². The van der Waals surface area contributed by atoms with E-state index < -0.39 is 11.7 Å². The van der Waals surface area contributed by atoms with Gasteiger partial charge in [-0.3, -0.25) is 4.79 Å². The molecule has 1 aromatic carbocycles. The first-order valence-corrected chi connectivity index (χ1v) is 6.11. The lowest BCUT2D eigenvalue weighted by Crippen LogP contribution is -2.41. The molecule has 0 aromatic heterocycles. The van der Waals surface area contributed by atoms with Crippen molar-refractivity contribution in [1.82, 2.24) is 5.32 Å². The Labute approximate surface area is 108 Å². The zero-order valence-electron chi connectivity index (χ0n) is 9.71. The van der Waals surface area contributed by atoms with Gasteiger partial charge in [0.1, 0.15) is 5.82 Å². The lowest BCUT2D eigenvalue weighted by Gasteiger charge is -2.20. The van der Waals surface area contributed by atoms with Crippen LogP contribution in [0.2, 0.25) is 0 Å². The number of halogens is 2. The van der Waals surface area contributed by atoms with Crippen molar-refractivity contribution < 1.29 is 14.3 Å². The third-order valence-electron chi connectivity index (χ3n) is 2.49. The second-order valence-corrected chi connectivity index (χ2v) is 5.05. The zero-order chi connectivity index (χ0) is 13.0. The van der Waals surface area contributed by atoms with Crippen molar-refractivity contribution in [3.8, 4) is 0 Å². The van der Waals surface area contributed by atoms with Crippen molar-refractivity contribution in [2.24, 2.45) is 5.92 Å². The van der Waals surface area contributed by atoms with Crippen LogP contribution in [0.4, 0.5) is 4.39 Å². The number of carbonyl (C=O) groups is 1. The monoisotopic (exact) mass is 303 g/mol. The molecule has 94 valence electrons. The lowest BCUT2D eigenvalue weighted by molar-refractivity contribution is 0.0892. The van der Waals surface area contributed by atoms with Crippen LogP contribution in [0.1, 0.15) is 24.2 Å². The first-order valence-electron chi connectivity index (χ1n) is 5.32. The summed E-state index contributed by atoms with van der Waals surface area (Å²) in [5.41, 5.74) is -0.0210. The Kier molecular flexibility index (Phi) is 5.08.